The van der Waals surface area contributed by atoms with Crippen LogP contribution in [0.5, 0.6) is 0 Å². The summed E-state index contributed by atoms with van der Waals surface area (Å²) in [6, 6.07) is 30.8. The van der Waals surface area contributed by atoms with Crippen LogP contribution in [0.4, 0.5) is 0 Å². The van der Waals surface area contributed by atoms with Crippen molar-refractivity contribution >= 4 is 0 Å². The second-order valence-corrected chi connectivity index (χ2v) is 4.76. The molecule has 0 aromatic heterocycles. The fourth-order valence-electron chi connectivity index (χ4n) is 2.48. The quantitative estimate of drug-likeness (QED) is 0.372. The van der Waals surface area contributed by atoms with Crippen molar-refractivity contribution in [1.29, 1.82) is 0 Å². The summed E-state index contributed by atoms with van der Waals surface area (Å²) in [6.45, 7) is 0. The molecule has 0 saturated carbocycles. The van der Waals surface area contributed by atoms with Gasteiger partial charge in [0.2, 0.25) is 0 Å². The minimum Gasteiger partial charge on any atom is -0.662 e. The predicted octanol–water partition coefficient (Wildman–Crippen LogP) is 5.28. The summed E-state index contributed by atoms with van der Waals surface area (Å²) >= 11 is 0. The van der Waals surface area contributed by atoms with Crippen molar-refractivity contribution in [3.05, 3.63) is 121 Å². The molecular weight excluding hydrogens is 446 g/mol. The molecule has 0 aliphatic heterocycles. The van der Waals surface area contributed by atoms with E-state index in [4.69, 9.17) is 5.73 Å². The van der Waals surface area contributed by atoms with Crippen LogP contribution in [0.3, 0.4) is 0 Å². The third-order valence-corrected chi connectivity index (χ3v) is 3.53. The predicted molar refractivity (Wildman–Crippen MR) is 88.8 cm³/mol. The average molecular weight is 465 g/mol. The summed E-state index contributed by atoms with van der Waals surface area (Å²) in [6.07, 6.45) is 0. The normalized spacial score (nSPS) is 10.2. The summed E-state index contributed by atoms with van der Waals surface area (Å²) in [5.74, 6) is 0. The van der Waals surface area contributed by atoms with Gasteiger partial charge in [-0.1, -0.05) is 77.3 Å². The van der Waals surface area contributed by atoms with E-state index in [2.05, 4.69) is 6.07 Å². The minimum atomic E-state index is -0.927. The second kappa shape index (κ2) is 8.05. The molecule has 0 radical (unpaired) electrons. The van der Waals surface area contributed by atoms with Gasteiger partial charge in [-0.3, -0.25) is 0 Å². The third-order valence-electron chi connectivity index (χ3n) is 3.53. The van der Waals surface area contributed by atoms with Crippen molar-refractivity contribution in [2.75, 3.05) is 0 Å². The molecule has 2 heteroatoms. The standard InChI is InChI=1S/C19H15N.CH3.Ir/c20-19(16-10-4-1-5-11-16,17-12-6-2-7-13-17)18-14-8-3-9-15-18;;/h1-14,20H;1H3;/q-2;-1;+3. The van der Waals surface area contributed by atoms with Gasteiger partial charge in [0.15, 0.2) is 0 Å². The largest absolute Gasteiger partial charge is 3.00 e. The van der Waals surface area contributed by atoms with Crippen LogP contribution in [0.15, 0.2) is 84.9 Å². The third kappa shape index (κ3) is 3.36. The van der Waals surface area contributed by atoms with E-state index in [1.807, 2.05) is 84.9 Å². The molecule has 0 spiro atoms. The van der Waals surface area contributed by atoms with Gasteiger partial charge in [-0.2, -0.15) is 35.9 Å². The first-order valence-corrected chi connectivity index (χ1v) is 6.65. The SMILES string of the molecule is [CH3-].[Ir+3].[NH-]C(c1[c-]cccc1)(c1ccccc1)c1ccccc1. The summed E-state index contributed by atoms with van der Waals surface area (Å²) < 4.78 is 0. The fourth-order valence-corrected chi connectivity index (χ4v) is 2.48. The number of benzene rings is 3. The molecule has 3 aromatic carbocycles. The van der Waals surface area contributed by atoms with E-state index in [0.29, 0.717) is 0 Å². The Morgan fingerprint density at radius 3 is 1.55 bits per heavy atom. The first kappa shape index (κ1) is 18.3. The number of nitrogens with one attached hydrogen (secondary N) is 1. The summed E-state index contributed by atoms with van der Waals surface area (Å²) in [5.41, 5.74) is 10.9. The monoisotopic (exact) mass is 465 g/mol. The van der Waals surface area contributed by atoms with Crippen LogP contribution >= 0.6 is 0 Å². The van der Waals surface area contributed by atoms with Crippen LogP contribution in [0.25, 0.3) is 5.73 Å². The Bertz CT molecular complexity index is 569. The molecular formula is C20H18IrN. The van der Waals surface area contributed by atoms with Gasteiger partial charge in [-0.05, 0) is 0 Å². The van der Waals surface area contributed by atoms with Crippen LogP contribution in [-0.4, -0.2) is 0 Å². The molecule has 0 aliphatic rings. The molecule has 0 fully saturated rings. The number of hydrogen-bond donors (Lipinski definition) is 0. The molecule has 0 bridgehead atoms. The van der Waals surface area contributed by atoms with E-state index < -0.39 is 5.54 Å². The Kier molecular flexibility index (Phi) is 6.70. The Labute approximate surface area is 146 Å². The van der Waals surface area contributed by atoms with Crippen molar-refractivity contribution in [3.8, 4) is 0 Å². The Balaban J connectivity index is 0.00000121. The van der Waals surface area contributed by atoms with Gasteiger partial charge < -0.3 is 13.2 Å². The fraction of sp³-hybridized carbons (Fsp3) is 0.0500. The van der Waals surface area contributed by atoms with E-state index >= 15 is 0 Å². The zero-order valence-corrected chi connectivity index (χ0v) is 14.8. The van der Waals surface area contributed by atoms with Crippen LogP contribution in [0.2, 0.25) is 0 Å². The average Bonchev–Trinajstić information content (AvgIpc) is 2.56. The van der Waals surface area contributed by atoms with Gasteiger partial charge in [0.25, 0.3) is 0 Å². The van der Waals surface area contributed by atoms with Crippen molar-refractivity contribution in [1.82, 2.24) is 0 Å². The van der Waals surface area contributed by atoms with E-state index in [9.17, 15) is 0 Å². The van der Waals surface area contributed by atoms with Gasteiger partial charge in [-0.15, -0.1) is 0 Å². The Morgan fingerprint density at radius 1 is 0.682 bits per heavy atom. The smallest absolute Gasteiger partial charge is 0.662 e. The zero-order chi connectivity index (χ0) is 13.8. The first-order chi connectivity index (χ1) is 9.82. The van der Waals surface area contributed by atoms with E-state index in [1.165, 1.54) is 0 Å². The van der Waals surface area contributed by atoms with Crippen molar-refractivity contribution in [3.63, 3.8) is 0 Å². The molecule has 3 aromatic rings. The van der Waals surface area contributed by atoms with E-state index in [0.717, 1.165) is 16.7 Å². The summed E-state index contributed by atoms with van der Waals surface area (Å²) in [5, 5.41) is 0. The van der Waals surface area contributed by atoms with E-state index in [-0.39, 0.29) is 27.5 Å². The molecule has 1 N–H and O–H groups in total. The Hall–Kier alpha value is -1.73. The maximum absolute atomic E-state index is 9.11. The number of rotatable bonds is 3. The van der Waals surface area contributed by atoms with Crippen LogP contribution in [0, 0.1) is 13.5 Å². The van der Waals surface area contributed by atoms with Crippen molar-refractivity contribution in [2.45, 2.75) is 5.54 Å². The molecule has 0 unspecified atom stereocenters. The molecule has 1 nitrogen and oxygen atoms in total. The summed E-state index contributed by atoms with van der Waals surface area (Å²) in [4.78, 5) is 0. The van der Waals surface area contributed by atoms with Gasteiger partial charge in [-0.25, -0.2) is 0 Å². The first-order valence-electron chi connectivity index (χ1n) is 6.65. The molecule has 0 heterocycles. The molecule has 0 saturated heterocycles. The van der Waals surface area contributed by atoms with E-state index in [1.54, 1.807) is 0 Å². The van der Waals surface area contributed by atoms with Crippen LogP contribution < -0.4 is 0 Å². The van der Waals surface area contributed by atoms with Crippen LogP contribution in [-0.2, 0) is 25.6 Å². The molecule has 112 valence electrons. The molecule has 0 amide bonds. The van der Waals surface area contributed by atoms with Gasteiger partial charge in [0.05, 0.1) is 0 Å². The van der Waals surface area contributed by atoms with Gasteiger partial charge >= 0.3 is 20.1 Å². The van der Waals surface area contributed by atoms with Gasteiger partial charge in [0.1, 0.15) is 0 Å². The minimum absolute atomic E-state index is 0. The zero-order valence-electron chi connectivity index (χ0n) is 12.4. The van der Waals surface area contributed by atoms with Crippen molar-refractivity contribution < 1.29 is 20.1 Å². The van der Waals surface area contributed by atoms with Gasteiger partial charge in [0, 0.05) is 0 Å². The topological polar surface area (TPSA) is 23.8 Å². The van der Waals surface area contributed by atoms with Crippen LogP contribution in [0.1, 0.15) is 16.7 Å². The molecule has 0 atom stereocenters. The molecule has 3 rings (SSSR count). The Morgan fingerprint density at radius 2 is 1.14 bits per heavy atom. The number of hydrogen-bond acceptors (Lipinski definition) is 0. The molecule has 22 heavy (non-hydrogen) atoms. The molecule has 0 aliphatic carbocycles. The van der Waals surface area contributed by atoms with Crippen molar-refractivity contribution in [2.24, 2.45) is 0 Å². The maximum Gasteiger partial charge on any atom is 3.00 e. The maximum atomic E-state index is 9.11. The summed E-state index contributed by atoms with van der Waals surface area (Å²) in [7, 11) is 0. The second-order valence-electron chi connectivity index (χ2n) is 4.76.